The Morgan fingerprint density at radius 3 is 2.46 bits per heavy atom. The standard InChI is InChI=1S/C10H11N.C2H6/c1-4-11-10-8(2)6-5-7-9(10)3;1-2/h4-7H,1-2H2,3H3;1-2H3. The van der Waals surface area contributed by atoms with E-state index in [2.05, 4.69) is 18.2 Å². The maximum atomic E-state index is 4.11. The van der Waals surface area contributed by atoms with Gasteiger partial charge in [0.05, 0.1) is 5.71 Å². The van der Waals surface area contributed by atoms with Gasteiger partial charge >= 0.3 is 0 Å². The van der Waals surface area contributed by atoms with Gasteiger partial charge in [0.15, 0.2) is 0 Å². The molecule has 0 spiro atoms. The zero-order valence-corrected chi connectivity index (χ0v) is 8.67. The molecule has 0 bridgehead atoms. The third-order valence-electron chi connectivity index (χ3n) is 1.54. The van der Waals surface area contributed by atoms with E-state index < -0.39 is 0 Å². The molecule has 0 fully saturated rings. The van der Waals surface area contributed by atoms with E-state index in [9.17, 15) is 0 Å². The van der Waals surface area contributed by atoms with Crippen molar-refractivity contribution < 1.29 is 0 Å². The Bertz CT molecular complexity index is 277. The maximum Gasteiger partial charge on any atom is 0.0724 e. The quantitative estimate of drug-likeness (QED) is 0.576. The lowest BCUT2D eigenvalue weighted by Gasteiger charge is -2.08. The molecule has 0 radical (unpaired) electrons. The Morgan fingerprint density at radius 1 is 1.38 bits per heavy atom. The number of rotatable bonds is 1. The minimum atomic E-state index is 0.933. The molecule has 0 aromatic heterocycles. The Morgan fingerprint density at radius 2 is 2.00 bits per heavy atom. The molecule has 0 aromatic rings. The zero-order chi connectivity index (χ0) is 10.3. The normalized spacial score (nSPS) is 17.6. The van der Waals surface area contributed by atoms with Gasteiger partial charge in [-0.1, -0.05) is 45.2 Å². The highest BCUT2D eigenvalue weighted by molar-refractivity contribution is 6.14. The van der Waals surface area contributed by atoms with Crippen LogP contribution in [0.1, 0.15) is 20.8 Å². The monoisotopic (exact) mass is 175 g/mol. The molecule has 0 saturated heterocycles. The Balaban J connectivity index is 0.000000671. The second-order valence-corrected chi connectivity index (χ2v) is 2.39. The molecule has 0 unspecified atom stereocenters. The van der Waals surface area contributed by atoms with Crippen LogP contribution >= 0.6 is 0 Å². The summed E-state index contributed by atoms with van der Waals surface area (Å²) in [6.45, 7) is 13.4. The van der Waals surface area contributed by atoms with Crippen molar-refractivity contribution in [2.45, 2.75) is 20.8 Å². The molecular formula is C12H17N. The first-order valence-electron chi connectivity index (χ1n) is 4.49. The minimum absolute atomic E-state index is 0.933. The lowest BCUT2D eigenvalue weighted by atomic mass is 10.0. The van der Waals surface area contributed by atoms with Crippen LogP contribution in [-0.4, -0.2) is 5.71 Å². The van der Waals surface area contributed by atoms with Gasteiger partial charge in [0.25, 0.3) is 0 Å². The van der Waals surface area contributed by atoms with Crippen LogP contribution in [0.15, 0.2) is 53.7 Å². The van der Waals surface area contributed by atoms with E-state index in [4.69, 9.17) is 0 Å². The molecule has 0 aliphatic heterocycles. The number of hydrogen-bond donors (Lipinski definition) is 0. The predicted molar refractivity (Wildman–Crippen MR) is 61.0 cm³/mol. The van der Waals surface area contributed by atoms with Crippen LogP contribution in [0.3, 0.4) is 0 Å². The molecule has 1 heteroatoms. The van der Waals surface area contributed by atoms with Crippen molar-refractivity contribution in [3.05, 3.63) is 48.7 Å². The van der Waals surface area contributed by atoms with Crippen molar-refractivity contribution in [2.24, 2.45) is 4.99 Å². The summed E-state index contributed by atoms with van der Waals surface area (Å²) >= 11 is 0. The van der Waals surface area contributed by atoms with E-state index in [1.54, 1.807) is 0 Å². The highest BCUT2D eigenvalue weighted by atomic mass is 14.7. The van der Waals surface area contributed by atoms with Crippen LogP contribution in [-0.2, 0) is 0 Å². The molecule has 0 heterocycles. The summed E-state index contributed by atoms with van der Waals surface area (Å²) in [7, 11) is 0. The topological polar surface area (TPSA) is 12.4 Å². The SMILES string of the molecule is C=CN=C1C(=C)C=CC=C1C.CC. The summed E-state index contributed by atoms with van der Waals surface area (Å²) in [4.78, 5) is 4.11. The van der Waals surface area contributed by atoms with Crippen molar-refractivity contribution in [1.29, 1.82) is 0 Å². The average Bonchev–Trinajstić information content (AvgIpc) is 2.15. The Kier molecular flexibility index (Phi) is 5.53. The van der Waals surface area contributed by atoms with Gasteiger partial charge in [0.2, 0.25) is 0 Å². The van der Waals surface area contributed by atoms with E-state index in [1.807, 2.05) is 39.0 Å². The fourth-order valence-corrected chi connectivity index (χ4v) is 0.996. The first-order valence-corrected chi connectivity index (χ1v) is 4.49. The molecule has 13 heavy (non-hydrogen) atoms. The van der Waals surface area contributed by atoms with E-state index in [-0.39, 0.29) is 0 Å². The van der Waals surface area contributed by atoms with Crippen LogP contribution in [0.25, 0.3) is 0 Å². The summed E-state index contributed by atoms with van der Waals surface area (Å²) in [5, 5.41) is 0. The highest BCUT2D eigenvalue weighted by Crippen LogP contribution is 2.13. The second kappa shape index (κ2) is 6.18. The summed E-state index contributed by atoms with van der Waals surface area (Å²) < 4.78 is 0. The lowest BCUT2D eigenvalue weighted by molar-refractivity contribution is 1.46. The number of hydrogen-bond acceptors (Lipinski definition) is 1. The average molecular weight is 175 g/mol. The van der Waals surface area contributed by atoms with E-state index in [0.717, 1.165) is 16.9 Å². The minimum Gasteiger partial charge on any atom is -0.257 e. The molecule has 70 valence electrons. The molecule has 1 aliphatic carbocycles. The van der Waals surface area contributed by atoms with E-state index in [1.165, 1.54) is 6.20 Å². The number of aliphatic imine (C=N–C) groups is 1. The maximum absolute atomic E-state index is 4.11. The molecule has 0 amide bonds. The summed E-state index contributed by atoms with van der Waals surface area (Å²) in [6, 6.07) is 0. The molecular weight excluding hydrogens is 158 g/mol. The van der Waals surface area contributed by atoms with Gasteiger partial charge in [-0.3, -0.25) is 4.99 Å². The molecule has 0 atom stereocenters. The van der Waals surface area contributed by atoms with Crippen molar-refractivity contribution in [2.75, 3.05) is 0 Å². The molecule has 1 rings (SSSR count). The second-order valence-electron chi connectivity index (χ2n) is 2.39. The summed E-state index contributed by atoms with van der Waals surface area (Å²) in [5.74, 6) is 0. The van der Waals surface area contributed by atoms with Crippen LogP contribution in [0, 0.1) is 0 Å². The fourth-order valence-electron chi connectivity index (χ4n) is 0.996. The third-order valence-corrected chi connectivity index (χ3v) is 1.54. The van der Waals surface area contributed by atoms with Crippen LogP contribution in [0.4, 0.5) is 0 Å². The van der Waals surface area contributed by atoms with Crippen molar-refractivity contribution >= 4 is 5.71 Å². The largest absolute Gasteiger partial charge is 0.257 e. The summed E-state index contributed by atoms with van der Waals surface area (Å²) in [6.07, 6.45) is 7.46. The first kappa shape index (κ1) is 11.6. The third kappa shape index (κ3) is 3.24. The molecule has 0 aromatic carbocycles. The predicted octanol–water partition coefficient (Wildman–Crippen LogP) is 3.67. The van der Waals surface area contributed by atoms with E-state index >= 15 is 0 Å². The van der Waals surface area contributed by atoms with Crippen molar-refractivity contribution in [1.82, 2.24) is 0 Å². The van der Waals surface area contributed by atoms with Crippen molar-refractivity contribution in [3.63, 3.8) is 0 Å². The van der Waals surface area contributed by atoms with Crippen LogP contribution in [0.5, 0.6) is 0 Å². The molecule has 0 saturated carbocycles. The Hall–Kier alpha value is -1.37. The van der Waals surface area contributed by atoms with Gasteiger partial charge in [-0.25, -0.2) is 0 Å². The van der Waals surface area contributed by atoms with Gasteiger partial charge in [-0.2, -0.15) is 0 Å². The molecule has 1 aliphatic rings. The zero-order valence-electron chi connectivity index (χ0n) is 8.67. The number of nitrogens with zero attached hydrogens (tertiary/aromatic N) is 1. The van der Waals surface area contributed by atoms with Gasteiger partial charge < -0.3 is 0 Å². The molecule has 0 N–H and O–H groups in total. The first-order chi connectivity index (χ1) is 6.25. The summed E-state index contributed by atoms with van der Waals surface area (Å²) in [5.41, 5.74) is 3.02. The molecule has 1 nitrogen and oxygen atoms in total. The fraction of sp³-hybridized carbons (Fsp3) is 0.250. The van der Waals surface area contributed by atoms with Crippen LogP contribution < -0.4 is 0 Å². The Labute approximate surface area is 80.9 Å². The number of allylic oxidation sites excluding steroid dienone is 5. The van der Waals surface area contributed by atoms with Gasteiger partial charge in [-0.15, -0.1) is 0 Å². The smallest absolute Gasteiger partial charge is 0.0724 e. The van der Waals surface area contributed by atoms with E-state index in [0.29, 0.717) is 0 Å². The van der Waals surface area contributed by atoms with Gasteiger partial charge in [-0.05, 0) is 18.1 Å². The van der Waals surface area contributed by atoms with Crippen molar-refractivity contribution in [3.8, 4) is 0 Å². The van der Waals surface area contributed by atoms with Gasteiger partial charge in [0, 0.05) is 6.20 Å². The van der Waals surface area contributed by atoms with Gasteiger partial charge in [0.1, 0.15) is 0 Å². The van der Waals surface area contributed by atoms with Crippen LogP contribution in [0.2, 0.25) is 0 Å². The highest BCUT2D eigenvalue weighted by Gasteiger charge is 2.05. The lowest BCUT2D eigenvalue weighted by Crippen LogP contribution is -2.03.